The summed E-state index contributed by atoms with van der Waals surface area (Å²) in [6.45, 7) is 15.2. The molecular formula is C52H64N8O7. The Kier molecular flexibility index (Phi) is 14.6. The molecule has 2 aromatic heterocycles. The van der Waals surface area contributed by atoms with E-state index < -0.39 is 42.1 Å². The predicted octanol–water partition coefficient (Wildman–Crippen LogP) is 8.54. The maximum Gasteiger partial charge on any atom is 0.407 e. The number of likely N-dealkylation sites (tertiary alicyclic amines) is 1. The van der Waals surface area contributed by atoms with Crippen LogP contribution in [0.15, 0.2) is 91.1 Å². The van der Waals surface area contributed by atoms with Gasteiger partial charge in [0.2, 0.25) is 17.7 Å². The molecule has 5 amide bonds. The van der Waals surface area contributed by atoms with Gasteiger partial charge in [-0.25, -0.2) is 14.6 Å². The molecule has 4 N–H and O–H groups in total. The van der Waals surface area contributed by atoms with Crippen LogP contribution < -0.4 is 20.9 Å². The first-order chi connectivity index (χ1) is 32.0. The van der Waals surface area contributed by atoms with Crippen molar-refractivity contribution in [2.45, 2.75) is 104 Å². The number of benzene rings is 3. The minimum Gasteiger partial charge on any atom is -0.453 e. The lowest BCUT2D eigenvalue weighted by atomic mass is 9.87. The lowest BCUT2D eigenvalue weighted by Gasteiger charge is -2.30. The van der Waals surface area contributed by atoms with Crippen molar-refractivity contribution in [2.75, 3.05) is 32.2 Å². The van der Waals surface area contributed by atoms with Crippen LogP contribution in [0.25, 0.3) is 39.5 Å². The normalized spacial score (nSPS) is 17.1. The predicted molar refractivity (Wildman–Crippen MR) is 258 cm³/mol. The molecule has 2 aliphatic rings. The number of carbonyl (C=O) groups excluding carboxylic acids is 5. The van der Waals surface area contributed by atoms with Gasteiger partial charge in [-0.2, -0.15) is 0 Å². The molecule has 7 rings (SSSR count). The van der Waals surface area contributed by atoms with Crippen LogP contribution in [0.1, 0.15) is 91.6 Å². The fourth-order valence-electron chi connectivity index (χ4n) is 9.12. The smallest absolute Gasteiger partial charge is 0.407 e. The number of ether oxygens (including phenoxy) is 2. The number of amides is 5. The number of hydrogen-bond donors (Lipinski definition) is 4. The number of nitrogens with one attached hydrogen (secondary N) is 4. The average Bonchev–Trinajstić information content (AvgIpc) is 4.16. The maximum absolute atomic E-state index is 13.7. The number of aromatic nitrogens is 3. The third-order valence-electron chi connectivity index (χ3n) is 12.9. The van der Waals surface area contributed by atoms with E-state index in [2.05, 4.69) is 124 Å². The van der Waals surface area contributed by atoms with E-state index in [4.69, 9.17) is 9.72 Å². The molecule has 2 aliphatic heterocycles. The SMILES string of the molecule is COC(=O)N[C@H](C(=O)NC(=O)[C@@H]1CCCN1c1ccc(-c2ccc(-c3ccc(-c4cnc([C@@H]5CCCN5C(=O)[C@@H](NC(=O)OC)C(C)C)[nH]4)cc3)n2-c2ccc(C(C)(C)C)cc2)cc1)C(C)C. The van der Waals surface area contributed by atoms with Crippen LogP contribution >= 0.6 is 0 Å². The van der Waals surface area contributed by atoms with Crippen molar-refractivity contribution in [2.24, 2.45) is 11.8 Å². The van der Waals surface area contributed by atoms with Crippen LogP contribution in [0.2, 0.25) is 0 Å². The minimum atomic E-state index is -0.921. The number of carbonyl (C=O) groups is 5. The number of imidazole rings is 1. The number of alkyl carbamates (subject to hydrolysis) is 2. The van der Waals surface area contributed by atoms with Crippen molar-refractivity contribution in [1.82, 2.24) is 35.4 Å². The van der Waals surface area contributed by atoms with E-state index in [0.717, 1.165) is 64.4 Å². The Labute approximate surface area is 393 Å². The summed E-state index contributed by atoms with van der Waals surface area (Å²) in [6, 6.07) is 27.1. The quantitative estimate of drug-likeness (QED) is 0.0901. The summed E-state index contributed by atoms with van der Waals surface area (Å²) >= 11 is 0. The van der Waals surface area contributed by atoms with Gasteiger partial charge in [-0.15, -0.1) is 0 Å². The summed E-state index contributed by atoms with van der Waals surface area (Å²) in [4.78, 5) is 76.5. The summed E-state index contributed by atoms with van der Waals surface area (Å²) in [5, 5.41) is 7.79. The highest BCUT2D eigenvalue weighted by Crippen LogP contribution is 2.37. The molecule has 15 heteroatoms. The lowest BCUT2D eigenvalue weighted by Crippen LogP contribution is -2.54. The topological polar surface area (TPSA) is 180 Å². The number of hydrogen-bond acceptors (Lipinski definition) is 9. The standard InChI is InChI=1S/C52H64N8O7/c1-31(2)44(55-50(64)66-8)48(62)57-47(61)43-13-11-28-58(43)37-22-18-35(19-23-37)41-27-26-40(60(41)38-24-20-36(21-25-38)52(5,6)7)34-16-14-33(15-17-34)39-30-53-46(54-39)42-12-10-29-59(42)49(63)45(32(3)4)56-51(65)67-9/h14-27,30-32,42-45H,10-13,28-29H2,1-9H3,(H,53,54)(H,55,64)(H,56,65)(H,57,61,62)/t42-,43-,44-,45-/m0/s1. The molecule has 67 heavy (non-hydrogen) atoms. The Balaban J connectivity index is 1.13. The molecule has 2 fully saturated rings. The first-order valence-electron chi connectivity index (χ1n) is 23.2. The second kappa shape index (κ2) is 20.3. The van der Waals surface area contributed by atoms with E-state index >= 15 is 0 Å². The summed E-state index contributed by atoms with van der Waals surface area (Å²) < 4.78 is 11.7. The summed E-state index contributed by atoms with van der Waals surface area (Å²) in [6.07, 6.45) is 3.40. The van der Waals surface area contributed by atoms with Gasteiger partial charge >= 0.3 is 12.2 Å². The summed E-state index contributed by atoms with van der Waals surface area (Å²) in [5.74, 6) is -0.810. The molecule has 15 nitrogen and oxygen atoms in total. The second-order valence-electron chi connectivity index (χ2n) is 19.2. The van der Waals surface area contributed by atoms with Crippen molar-refractivity contribution in [3.63, 3.8) is 0 Å². The van der Waals surface area contributed by atoms with Crippen molar-refractivity contribution < 1.29 is 33.4 Å². The zero-order valence-corrected chi connectivity index (χ0v) is 40.0. The molecule has 0 radical (unpaired) electrons. The average molecular weight is 913 g/mol. The number of anilines is 1. The number of aromatic amines is 1. The van der Waals surface area contributed by atoms with Gasteiger partial charge in [0, 0.05) is 24.5 Å². The summed E-state index contributed by atoms with van der Waals surface area (Å²) in [5.41, 5.74) is 8.87. The number of H-pyrrole nitrogens is 1. The minimum absolute atomic E-state index is 0.0173. The third-order valence-corrected chi connectivity index (χ3v) is 12.9. The zero-order chi connectivity index (χ0) is 48.2. The molecule has 0 saturated carbocycles. The van der Waals surface area contributed by atoms with Crippen LogP contribution in [0, 0.1) is 11.8 Å². The van der Waals surface area contributed by atoms with Crippen LogP contribution in [-0.2, 0) is 29.3 Å². The molecule has 0 aliphatic carbocycles. The molecule has 0 unspecified atom stereocenters. The van der Waals surface area contributed by atoms with Crippen molar-refractivity contribution in [1.29, 1.82) is 0 Å². The first kappa shape index (κ1) is 48.0. The van der Waals surface area contributed by atoms with Crippen LogP contribution in [0.4, 0.5) is 15.3 Å². The molecule has 4 atom stereocenters. The molecule has 0 spiro atoms. The zero-order valence-electron chi connectivity index (χ0n) is 40.0. The van der Waals surface area contributed by atoms with E-state index in [9.17, 15) is 24.0 Å². The molecule has 4 heterocycles. The van der Waals surface area contributed by atoms with E-state index in [1.54, 1.807) is 13.8 Å². The monoisotopic (exact) mass is 912 g/mol. The van der Waals surface area contributed by atoms with Gasteiger partial charge in [-0.05, 0) is 102 Å². The van der Waals surface area contributed by atoms with Gasteiger partial charge in [0.1, 0.15) is 23.9 Å². The molecule has 2 saturated heterocycles. The molecule has 5 aromatic rings. The van der Waals surface area contributed by atoms with Gasteiger partial charge in [0.25, 0.3) is 0 Å². The highest BCUT2D eigenvalue weighted by Gasteiger charge is 2.38. The van der Waals surface area contributed by atoms with E-state index in [1.165, 1.54) is 19.8 Å². The highest BCUT2D eigenvalue weighted by atomic mass is 16.5. The largest absolute Gasteiger partial charge is 0.453 e. The van der Waals surface area contributed by atoms with Crippen molar-refractivity contribution >= 4 is 35.6 Å². The van der Waals surface area contributed by atoms with E-state index in [0.29, 0.717) is 25.3 Å². The Morgan fingerprint density at radius 3 is 1.79 bits per heavy atom. The fraction of sp³-hybridized carbons (Fsp3) is 0.423. The van der Waals surface area contributed by atoms with Crippen LogP contribution in [-0.4, -0.2) is 94.8 Å². The number of imide groups is 1. The van der Waals surface area contributed by atoms with Crippen LogP contribution in [0.5, 0.6) is 0 Å². The molecular weight excluding hydrogens is 849 g/mol. The Morgan fingerprint density at radius 1 is 0.687 bits per heavy atom. The van der Waals surface area contributed by atoms with E-state index in [1.807, 2.05) is 42.0 Å². The first-order valence-corrected chi connectivity index (χ1v) is 23.2. The number of rotatable bonds is 13. The molecule has 3 aromatic carbocycles. The van der Waals surface area contributed by atoms with E-state index in [-0.39, 0.29) is 29.2 Å². The second-order valence-corrected chi connectivity index (χ2v) is 19.2. The number of nitrogens with zero attached hydrogens (tertiary/aromatic N) is 4. The Bertz CT molecular complexity index is 2560. The van der Waals surface area contributed by atoms with Gasteiger partial charge in [0.15, 0.2) is 0 Å². The molecule has 0 bridgehead atoms. The van der Waals surface area contributed by atoms with Crippen LogP contribution in [0.3, 0.4) is 0 Å². The highest BCUT2D eigenvalue weighted by molar-refractivity contribution is 6.02. The van der Waals surface area contributed by atoms with Gasteiger partial charge in [-0.3, -0.25) is 19.7 Å². The molecule has 354 valence electrons. The van der Waals surface area contributed by atoms with Gasteiger partial charge in [0.05, 0.1) is 43.5 Å². The van der Waals surface area contributed by atoms with Gasteiger partial charge < -0.3 is 39.5 Å². The Morgan fingerprint density at radius 2 is 1.22 bits per heavy atom. The van der Waals surface area contributed by atoms with Gasteiger partial charge in [-0.1, -0.05) is 97.0 Å². The maximum atomic E-state index is 13.7. The third kappa shape index (κ3) is 10.6. The lowest BCUT2D eigenvalue weighted by molar-refractivity contribution is -0.135. The summed E-state index contributed by atoms with van der Waals surface area (Å²) in [7, 11) is 2.52. The fourth-order valence-corrected chi connectivity index (χ4v) is 9.12. The van der Waals surface area contributed by atoms with Crippen molar-refractivity contribution in [3.8, 4) is 39.5 Å². The van der Waals surface area contributed by atoms with Crippen molar-refractivity contribution in [3.05, 3.63) is 103 Å². The Hall–Kier alpha value is -6.90. The number of methoxy groups -OCH3 is 2.